The molecule has 0 amide bonds. The van der Waals surface area contributed by atoms with Gasteiger partial charge >= 0.3 is 0 Å². The van der Waals surface area contributed by atoms with E-state index in [1.54, 1.807) is 23.5 Å². The fraction of sp³-hybridized carbons (Fsp3) is 0.176. The fourth-order valence-electron chi connectivity index (χ4n) is 2.47. The van der Waals surface area contributed by atoms with Gasteiger partial charge in [-0.15, -0.1) is 11.3 Å². The van der Waals surface area contributed by atoms with Gasteiger partial charge in [-0.25, -0.2) is 4.39 Å². The summed E-state index contributed by atoms with van der Waals surface area (Å²) in [6, 6.07) is 12.7. The fourth-order valence-corrected chi connectivity index (χ4v) is 3.53. The summed E-state index contributed by atoms with van der Waals surface area (Å²) in [5, 5.41) is 1.52. The predicted octanol–water partition coefficient (Wildman–Crippen LogP) is 4.71. The number of nitrogens with two attached hydrogens (primary N) is 1. The molecule has 102 valence electrons. The van der Waals surface area contributed by atoms with E-state index < -0.39 is 0 Å². The van der Waals surface area contributed by atoms with Crippen molar-refractivity contribution >= 4 is 22.1 Å². The van der Waals surface area contributed by atoms with E-state index in [1.165, 1.54) is 16.5 Å². The Hall–Kier alpha value is -1.71. The standard InChI is InChI=1S/C17H16FNS/c1-10-9-16(20-11(10)2)17(19)14-7-8-15(18)13-6-4-3-5-12(13)14/h3-9,17H,19H2,1-2H3. The molecule has 1 nitrogen and oxygen atoms in total. The van der Waals surface area contributed by atoms with Crippen molar-refractivity contribution in [2.24, 2.45) is 5.73 Å². The zero-order chi connectivity index (χ0) is 14.3. The number of thiophene rings is 1. The van der Waals surface area contributed by atoms with Crippen molar-refractivity contribution < 1.29 is 4.39 Å². The third-order valence-corrected chi connectivity index (χ3v) is 4.97. The molecule has 0 spiro atoms. The lowest BCUT2D eigenvalue weighted by Crippen LogP contribution is -2.11. The average molecular weight is 285 g/mol. The maximum Gasteiger partial charge on any atom is 0.131 e. The van der Waals surface area contributed by atoms with Crippen LogP contribution in [0.4, 0.5) is 4.39 Å². The first-order valence-electron chi connectivity index (χ1n) is 6.57. The molecule has 0 aliphatic rings. The summed E-state index contributed by atoms with van der Waals surface area (Å²) in [5.74, 6) is -0.199. The minimum Gasteiger partial charge on any atom is -0.320 e. The lowest BCUT2D eigenvalue weighted by atomic mass is 9.97. The number of halogens is 1. The van der Waals surface area contributed by atoms with Crippen LogP contribution in [-0.4, -0.2) is 0 Å². The second kappa shape index (κ2) is 5.00. The van der Waals surface area contributed by atoms with Gasteiger partial charge in [0.25, 0.3) is 0 Å². The zero-order valence-corrected chi connectivity index (χ0v) is 12.3. The largest absolute Gasteiger partial charge is 0.320 e. The van der Waals surface area contributed by atoms with Crippen LogP contribution < -0.4 is 5.73 Å². The third-order valence-electron chi connectivity index (χ3n) is 3.73. The second-order valence-electron chi connectivity index (χ2n) is 5.05. The highest BCUT2D eigenvalue weighted by Crippen LogP contribution is 2.33. The van der Waals surface area contributed by atoms with Crippen molar-refractivity contribution in [2.45, 2.75) is 19.9 Å². The number of benzene rings is 2. The van der Waals surface area contributed by atoms with E-state index in [9.17, 15) is 4.39 Å². The minimum absolute atomic E-state index is 0.199. The zero-order valence-electron chi connectivity index (χ0n) is 11.5. The summed E-state index contributed by atoms with van der Waals surface area (Å²) in [6.45, 7) is 4.18. The number of fused-ring (bicyclic) bond motifs is 1. The van der Waals surface area contributed by atoms with Crippen LogP contribution in [0, 0.1) is 19.7 Å². The molecule has 0 aliphatic heterocycles. The lowest BCUT2D eigenvalue weighted by Gasteiger charge is -2.13. The van der Waals surface area contributed by atoms with Crippen LogP contribution in [0.25, 0.3) is 10.8 Å². The second-order valence-corrected chi connectivity index (χ2v) is 6.34. The molecule has 0 saturated carbocycles. The molecule has 3 rings (SSSR count). The molecule has 1 unspecified atom stereocenters. The summed E-state index contributed by atoms with van der Waals surface area (Å²) in [6.07, 6.45) is 0. The monoisotopic (exact) mass is 285 g/mol. The van der Waals surface area contributed by atoms with Crippen molar-refractivity contribution in [3.05, 3.63) is 69.2 Å². The van der Waals surface area contributed by atoms with Gasteiger partial charge in [-0.05, 0) is 42.5 Å². The Kier molecular flexibility index (Phi) is 3.32. The molecule has 0 bridgehead atoms. The Morgan fingerprint density at radius 2 is 1.75 bits per heavy atom. The van der Waals surface area contributed by atoms with Crippen LogP contribution in [-0.2, 0) is 0 Å². The first-order chi connectivity index (χ1) is 9.58. The molecule has 2 N–H and O–H groups in total. The summed E-state index contributed by atoms with van der Waals surface area (Å²) < 4.78 is 13.9. The van der Waals surface area contributed by atoms with Crippen molar-refractivity contribution in [2.75, 3.05) is 0 Å². The van der Waals surface area contributed by atoms with Crippen LogP contribution in [0.1, 0.15) is 26.9 Å². The summed E-state index contributed by atoms with van der Waals surface area (Å²) in [5.41, 5.74) is 8.63. The molecule has 1 heterocycles. The highest BCUT2D eigenvalue weighted by molar-refractivity contribution is 7.12. The Bertz CT molecular complexity index is 756. The molecular weight excluding hydrogens is 269 g/mol. The van der Waals surface area contributed by atoms with Gasteiger partial charge in [-0.3, -0.25) is 0 Å². The Morgan fingerprint density at radius 1 is 1.05 bits per heavy atom. The maximum absolute atomic E-state index is 13.9. The highest BCUT2D eigenvalue weighted by Gasteiger charge is 2.16. The van der Waals surface area contributed by atoms with E-state index in [0.717, 1.165) is 15.8 Å². The number of hydrogen-bond donors (Lipinski definition) is 1. The first-order valence-corrected chi connectivity index (χ1v) is 7.39. The van der Waals surface area contributed by atoms with Gasteiger partial charge in [-0.2, -0.15) is 0 Å². The summed E-state index contributed by atoms with van der Waals surface area (Å²) in [4.78, 5) is 2.40. The summed E-state index contributed by atoms with van der Waals surface area (Å²) >= 11 is 1.71. The van der Waals surface area contributed by atoms with Crippen molar-refractivity contribution in [1.82, 2.24) is 0 Å². The SMILES string of the molecule is Cc1cc(C(N)c2ccc(F)c3ccccc23)sc1C. The molecule has 0 aliphatic carbocycles. The molecular formula is C17H16FNS. The third kappa shape index (κ3) is 2.13. The smallest absolute Gasteiger partial charge is 0.131 e. The Balaban J connectivity index is 2.17. The van der Waals surface area contributed by atoms with E-state index in [2.05, 4.69) is 19.9 Å². The van der Waals surface area contributed by atoms with Crippen molar-refractivity contribution in [3.8, 4) is 0 Å². The molecule has 0 fully saturated rings. The number of hydrogen-bond acceptors (Lipinski definition) is 2. The van der Waals surface area contributed by atoms with Gasteiger partial charge in [0.05, 0.1) is 6.04 Å². The lowest BCUT2D eigenvalue weighted by molar-refractivity contribution is 0.639. The van der Waals surface area contributed by atoms with Gasteiger partial charge in [-0.1, -0.05) is 30.3 Å². The molecule has 1 atom stereocenters. The molecule has 3 heteroatoms. The van der Waals surface area contributed by atoms with Crippen molar-refractivity contribution in [3.63, 3.8) is 0 Å². The molecule has 20 heavy (non-hydrogen) atoms. The maximum atomic E-state index is 13.9. The van der Waals surface area contributed by atoms with Crippen molar-refractivity contribution in [1.29, 1.82) is 0 Å². The van der Waals surface area contributed by atoms with Gasteiger partial charge < -0.3 is 5.73 Å². The van der Waals surface area contributed by atoms with E-state index in [4.69, 9.17) is 5.73 Å². The average Bonchev–Trinajstić information content (AvgIpc) is 2.79. The minimum atomic E-state index is -0.210. The van der Waals surface area contributed by atoms with Crippen LogP contribution in [0.3, 0.4) is 0 Å². The number of rotatable bonds is 2. The van der Waals surface area contributed by atoms with Gasteiger partial charge in [0, 0.05) is 15.1 Å². The van der Waals surface area contributed by atoms with Gasteiger partial charge in [0.2, 0.25) is 0 Å². The van der Waals surface area contributed by atoms with Crippen LogP contribution in [0.15, 0.2) is 42.5 Å². The first kappa shape index (κ1) is 13.3. The molecule has 1 aromatic heterocycles. The van der Waals surface area contributed by atoms with E-state index in [0.29, 0.717) is 5.39 Å². The molecule has 2 aromatic carbocycles. The van der Waals surface area contributed by atoms with E-state index >= 15 is 0 Å². The number of aryl methyl sites for hydroxylation is 2. The van der Waals surface area contributed by atoms with Crippen LogP contribution in [0.2, 0.25) is 0 Å². The molecule has 3 aromatic rings. The quantitative estimate of drug-likeness (QED) is 0.725. The highest BCUT2D eigenvalue weighted by atomic mass is 32.1. The van der Waals surface area contributed by atoms with Gasteiger partial charge in [0.15, 0.2) is 0 Å². The normalized spacial score (nSPS) is 12.8. The van der Waals surface area contributed by atoms with Gasteiger partial charge in [0.1, 0.15) is 5.82 Å². The summed E-state index contributed by atoms with van der Waals surface area (Å²) in [7, 11) is 0. The van der Waals surface area contributed by atoms with Crippen LogP contribution >= 0.6 is 11.3 Å². The van der Waals surface area contributed by atoms with Crippen LogP contribution in [0.5, 0.6) is 0 Å². The van der Waals surface area contributed by atoms with E-state index in [1.807, 2.05) is 18.2 Å². The van der Waals surface area contributed by atoms with E-state index in [-0.39, 0.29) is 11.9 Å². The topological polar surface area (TPSA) is 26.0 Å². The molecule has 0 saturated heterocycles. The molecule has 0 radical (unpaired) electrons. The Morgan fingerprint density at radius 3 is 2.40 bits per heavy atom. The predicted molar refractivity (Wildman–Crippen MR) is 83.7 cm³/mol. The Labute approximate surface area is 121 Å².